The summed E-state index contributed by atoms with van der Waals surface area (Å²) < 4.78 is 0. The van der Waals surface area contributed by atoms with Gasteiger partial charge in [0.05, 0.1) is 11.6 Å². The van der Waals surface area contributed by atoms with Crippen LogP contribution in [-0.4, -0.2) is 0 Å². The number of hydrogen-bond acceptors (Lipinski definition) is 1. The average Bonchev–Trinajstić information content (AvgIpc) is 2.40. The number of nitriles is 1. The van der Waals surface area contributed by atoms with Crippen LogP contribution < -0.4 is 0 Å². The first-order valence-corrected chi connectivity index (χ1v) is 7.53. The molecule has 1 nitrogen and oxygen atoms in total. The Morgan fingerprint density at radius 3 is 2.26 bits per heavy atom. The first kappa shape index (κ1) is 15.8. The number of nitrogens with zero attached hydrogens (tertiary/aromatic N) is 1. The normalized spacial score (nSPS) is 25.9. The molecule has 1 saturated carbocycles. The van der Waals surface area contributed by atoms with Gasteiger partial charge in [0, 0.05) is 0 Å². The van der Waals surface area contributed by atoms with E-state index in [1.165, 1.54) is 31.2 Å². The number of benzene rings is 1. The maximum Gasteiger partial charge on any atom is 0.0991 e. The summed E-state index contributed by atoms with van der Waals surface area (Å²) in [5.74, 6) is 3.03. The van der Waals surface area contributed by atoms with Crippen LogP contribution in [0.2, 0.25) is 0 Å². The van der Waals surface area contributed by atoms with Gasteiger partial charge in [0.2, 0.25) is 0 Å². The van der Waals surface area contributed by atoms with Crippen molar-refractivity contribution in [2.75, 3.05) is 0 Å². The molecule has 3 unspecified atom stereocenters. The Bertz CT molecular complexity index is 399. The Kier molecular flexibility index (Phi) is 6.64. The minimum Gasteiger partial charge on any atom is -0.192 e. The van der Waals surface area contributed by atoms with Crippen LogP contribution in [0.3, 0.4) is 0 Å². The van der Waals surface area contributed by atoms with E-state index < -0.39 is 0 Å². The molecule has 3 atom stereocenters. The van der Waals surface area contributed by atoms with Crippen LogP contribution >= 0.6 is 0 Å². The fraction of sp³-hybridized carbons (Fsp3) is 0.611. The van der Waals surface area contributed by atoms with Gasteiger partial charge in [-0.25, -0.2) is 0 Å². The number of aryl methyl sites for hydroxylation is 1. The fourth-order valence-corrected chi connectivity index (χ4v) is 2.96. The molecular weight excluding hydrogens is 230 g/mol. The predicted molar refractivity (Wildman–Crippen MR) is 81.9 cm³/mol. The third-order valence-electron chi connectivity index (χ3n) is 4.31. The van der Waals surface area contributed by atoms with Crippen molar-refractivity contribution in [1.29, 1.82) is 5.26 Å². The van der Waals surface area contributed by atoms with Gasteiger partial charge < -0.3 is 0 Å². The molecule has 104 valence electrons. The molecule has 0 bridgehead atoms. The van der Waals surface area contributed by atoms with Gasteiger partial charge in [0.15, 0.2) is 0 Å². The van der Waals surface area contributed by atoms with Crippen LogP contribution in [0, 0.1) is 36.0 Å². The molecule has 2 rings (SSSR count). The molecule has 1 aromatic rings. The van der Waals surface area contributed by atoms with Gasteiger partial charge in [-0.1, -0.05) is 51.3 Å². The molecule has 0 heterocycles. The Balaban J connectivity index is 0.000000191. The van der Waals surface area contributed by atoms with Gasteiger partial charge in [-0.05, 0) is 49.7 Å². The van der Waals surface area contributed by atoms with Crippen molar-refractivity contribution in [1.82, 2.24) is 0 Å². The standard InChI is InChI=1S/C10H20.C8H7N/c1-4-10-6-5-8(2)7-9(10)3;1-7-2-4-8(6-9)5-3-7/h8-10H,4-7H2,1-3H3;2-5H,1H3. The van der Waals surface area contributed by atoms with E-state index in [0.29, 0.717) is 0 Å². The Hall–Kier alpha value is -1.29. The van der Waals surface area contributed by atoms with Crippen LogP contribution in [0.4, 0.5) is 0 Å². The molecule has 1 fully saturated rings. The van der Waals surface area contributed by atoms with Gasteiger partial charge in [-0.2, -0.15) is 5.26 Å². The first-order valence-electron chi connectivity index (χ1n) is 7.53. The van der Waals surface area contributed by atoms with E-state index in [0.717, 1.165) is 23.3 Å². The average molecular weight is 257 g/mol. The second-order valence-electron chi connectivity index (χ2n) is 6.04. The van der Waals surface area contributed by atoms with Gasteiger partial charge in [-0.3, -0.25) is 0 Å². The first-order chi connectivity index (χ1) is 9.06. The van der Waals surface area contributed by atoms with E-state index in [9.17, 15) is 0 Å². The highest BCUT2D eigenvalue weighted by atomic mass is 14.3. The summed E-state index contributed by atoms with van der Waals surface area (Å²) in [5, 5.41) is 8.38. The molecule has 0 spiro atoms. The van der Waals surface area contributed by atoms with Crippen LogP contribution in [0.5, 0.6) is 0 Å². The summed E-state index contributed by atoms with van der Waals surface area (Å²) in [6, 6.07) is 9.54. The van der Waals surface area contributed by atoms with E-state index >= 15 is 0 Å². The summed E-state index contributed by atoms with van der Waals surface area (Å²) in [7, 11) is 0. The van der Waals surface area contributed by atoms with Crippen molar-refractivity contribution in [2.24, 2.45) is 17.8 Å². The topological polar surface area (TPSA) is 23.8 Å². The van der Waals surface area contributed by atoms with Crippen LogP contribution in [0.1, 0.15) is 57.6 Å². The Morgan fingerprint density at radius 2 is 1.79 bits per heavy atom. The van der Waals surface area contributed by atoms with Gasteiger partial charge in [-0.15, -0.1) is 0 Å². The maximum atomic E-state index is 8.38. The van der Waals surface area contributed by atoms with E-state index in [-0.39, 0.29) is 0 Å². The molecule has 19 heavy (non-hydrogen) atoms. The van der Waals surface area contributed by atoms with Crippen LogP contribution in [-0.2, 0) is 0 Å². The molecule has 1 aromatic carbocycles. The Morgan fingerprint density at radius 1 is 1.16 bits per heavy atom. The summed E-state index contributed by atoms with van der Waals surface area (Å²) in [6.07, 6.45) is 5.83. The molecular formula is C18H27N. The van der Waals surface area contributed by atoms with Crippen molar-refractivity contribution in [3.05, 3.63) is 35.4 Å². The monoisotopic (exact) mass is 257 g/mol. The number of rotatable bonds is 1. The molecule has 0 radical (unpaired) electrons. The summed E-state index contributed by atoms with van der Waals surface area (Å²) in [4.78, 5) is 0. The lowest BCUT2D eigenvalue weighted by molar-refractivity contribution is 0.200. The maximum absolute atomic E-state index is 8.38. The lowest BCUT2D eigenvalue weighted by Gasteiger charge is -2.31. The smallest absolute Gasteiger partial charge is 0.0991 e. The van der Waals surface area contributed by atoms with Crippen LogP contribution in [0.15, 0.2) is 24.3 Å². The van der Waals surface area contributed by atoms with Crippen molar-refractivity contribution in [3.8, 4) is 6.07 Å². The SMILES string of the molecule is CCC1CCC(C)CC1C.Cc1ccc(C#N)cc1. The van der Waals surface area contributed by atoms with E-state index in [1.54, 1.807) is 0 Å². The van der Waals surface area contributed by atoms with E-state index in [2.05, 4.69) is 26.8 Å². The largest absolute Gasteiger partial charge is 0.192 e. The lowest BCUT2D eigenvalue weighted by Crippen LogP contribution is -2.20. The van der Waals surface area contributed by atoms with Gasteiger partial charge in [0.1, 0.15) is 0 Å². The third-order valence-corrected chi connectivity index (χ3v) is 4.31. The second kappa shape index (κ2) is 8.00. The molecule has 1 heteroatoms. The molecule has 1 aliphatic rings. The molecule has 0 saturated heterocycles. The summed E-state index contributed by atoms with van der Waals surface area (Å²) in [6.45, 7) is 9.14. The van der Waals surface area contributed by atoms with Crippen molar-refractivity contribution in [3.63, 3.8) is 0 Å². The van der Waals surface area contributed by atoms with Gasteiger partial charge >= 0.3 is 0 Å². The van der Waals surface area contributed by atoms with E-state index in [4.69, 9.17) is 5.26 Å². The van der Waals surface area contributed by atoms with Gasteiger partial charge in [0.25, 0.3) is 0 Å². The minimum absolute atomic E-state index is 0.723. The van der Waals surface area contributed by atoms with Crippen molar-refractivity contribution >= 4 is 0 Å². The summed E-state index contributed by atoms with van der Waals surface area (Å²) >= 11 is 0. The fourth-order valence-electron chi connectivity index (χ4n) is 2.96. The zero-order chi connectivity index (χ0) is 14.3. The zero-order valence-corrected chi connectivity index (χ0v) is 12.8. The quantitative estimate of drug-likeness (QED) is 0.666. The number of hydrogen-bond donors (Lipinski definition) is 0. The zero-order valence-electron chi connectivity index (χ0n) is 12.8. The highest BCUT2D eigenvalue weighted by Gasteiger charge is 2.23. The molecule has 1 aliphatic carbocycles. The summed E-state index contributed by atoms with van der Waals surface area (Å²) in [5.41, 5.74) is 1.91. The minimum atomic E-state index is 0.723. The highest BCUT2D eigenvalue weighted by Crippen LogP contribution is 2.34. The lowest BCUT2D eigenvalue weighted by atomic mass is 9.75. The Labute approximate surface area is 118 Å². The molecule has 0 aromatic heterocycles. The highest BCUT2D eigenvalue weighted by molar-refractivity contribution is 5.30. The molecule has 0 aliphatic heterocycles. The predicted octanol–water partition coefficient (Wildman–Crippen LogP) is 5.34. The second-order valence-corrected chi connectivity index (χ2v) is 6.04. The third kappa shape index (κ3) is 5.47. The molecule has 0 amide bonds. The van der Waals surface area contributed by atoms with Crippen LogP contribution in [0.25, 0.3) is 0 Å². The molecule has 0 N–H and O–H groups in total. The van der Waals surface area contributed by atoms with E-state index in [1.807, 2.05) is 31.2 Å². The van der Waals surface area contributed by atoms with Crippen molar-refractivity contribution < 1.29 is 0 Å². The van der Waals surface area contributed by atoms with Crippen molar-refractivity contribution in [2.45, 2.75) is 53.4 Å².